The second-order valence-electron chi connectivity index (χ2n) is 7.54. The first-order valence-electron chi connectivity index (χ1n) is 9.10. The molecule has 5 rings (SSSR count). The number of fused-ring (bicyclic) bond motifs is 5. The lowest BCUT2D eigenvalue weighted by Gasteiger charge is -2.19. The fourth-order valence-electron chi connectivity index (χ4n) is 5.33. The fraction of sp³-hybridized carbons (Fsp3) is 0.400. The highest BCUT2D eigenvalue weighted by Crippen LogP contribution is 2.58. The molecule has 6 nitrogen and oxygen atoms in total. The summed E-state index contributed by atoms with van der Waals surface area (Å²) >= 11 is 0. The lowest BCUT2D eigenvalue weighted by Crippen LogP contribution is -2.33. The molecule has 4 atom stereocenters. The number of rotatable bonds is 2. The molecular weight excluding hydrogens is 332 g/mol. The first-order valence-corrected chi connectivity index (χ1v) is 9.10. The summed E-state index contributed by atoms with van der Waals surface area (Å²) < 4.78 is 0. The summed E-state index contributed by atoms with van der Waals surface area (Å²) in [6.07, 6.45) is 8.73. The Bertz CT molecular complexity index is 874. The van der Waals surface area contributed by atoms with E-state index in [2.05, 4.69) is 12.2 Å². The monoisotopic (exact) mass is 350 g/mol. The number of nitro benzene ring substituents is 1. The lowest BCUT2D eigenvalue weighted by molar-refractivity contribution is -0.384. The Kier molecular flexibility index (Phi) is 3.20. The molecule has 132 valence electrons. The smallest absolute Gasteiger partial charge is 0.271 e. The van der Waals surface area contributed by atoms with Gasteiger partial charge in [-0.15, -0.1) is 0 Å². The van der Waals surface area contributed by atoms with E-state index < -0.39 is 4.92 Å². The van der Waals surface area contributed by atoms with Crippen LogP contribution in [-0.2, 0) is 9.59 Å². The van der Waals surface area contributed by atoms with Gasteiger partial charge in [0.15, 0.2) is 0 Å². The van der Waals surface area contributed by atoms with E-state index in [1.165, 1.54) is 47.1 Å². The van der Waals surface area contributed by atoms with E-state index in [1.807, 2.05) is 0 Å². The zero-order valence-electron chi connectivity index (χ0n) is 14.1. The van der Waals surface area contributed by atoms with Crippen molar-refractivity contribution < 1.29 is 14.5 Å². The number of amides is 2. The molecule has 1 heterocycles. The normalized spacial score (nSPS) is 32.1. The van der Waals surface area contributed by atoms with Gasteiger partial charge in [0.1, 0.15) is 0 Å². The van der Waals surface area contributed by atoms with Crippen LogP contribution in [0.1, 0.15) is 25.7 Å². The predicted octanol–water partition coefficient (Wildman–Crippen LogP) is 3.39. The molecule has 1 aromatic rings. The largest absolute Gasteiger partial charge is 0.274 e. The van der Waals surface area contributed by atoms with Crippen molar-refractivity contribution in [3.63, 3.8) is 0 Å². The van der Waals surface area contributed by atoms with Crippen LogP contribution >= 0.6 is 0 Å². The van der Waals surface area contributed by atoms with Gasteiger partial charge in [0.25, 0.3) is 5.69 Å². The van der Waals surface area contributed by atoms with Crippen LogP contribution in [0.3, 0.4) is 0 Å². The number of imide groups is 1. The van der Waals surface area contributed by atoms with Gasteiger partial charge in [-0.3, -0.25) is 19.7 Å². The van der Waals surface area contributed by atoms with Gasteiger partial charge in [0.05, 0.1) is 22.4 Å². The summed E-state index contributed by atoms with van der Waals surface area (Å²) in [4.78, 5) is 37.9. The van der Waals surface area contributed by atoms with Crippen molar-refractivity contribution in [3.05, 3.63) is 57.7 Å². The molecule has 3 aliphatic carbocycles. The van der Waals surface area contributed by atoms with Crippen LogP contribution in [0.15, 0.2) is 47.6 Å². The van der Waals surface area contributed by atoms with Crippen LogP contribution in [-0.4, -0.2) is 16.7 Å². The van der Waals surface area contributed by atoms with E-state index in [0.29, 0.717) is 5.69 Å². The Morgan fingerprint density at radius 1 is 1.00 bits per heavy atom. The number of nitro groups is 1. The Morgan fingerprint density at radius 3 is 2.19 bits per heavy atom. The SMILES string of the molecule is O=C1[C@@H]2[C@@H](C(=O)N1c1cccc([N+](=O)[O-])c1)[C@H]1C=C[C@@H]2C1=C1CCCC1. The second kappa shape index (κ2) is 5.37. The van der Waals surface area contributed by atoms with E-state index >= 15 is 0 Å². The van der Waals surface area contributed by atoms with Gasteiger partial charge in [0.2, 0.25) is 11.8 Å². The van der Waals surface area contributed by atoms with Crippen molar-refractivity contribution in [1.29, 1.82) is 0 Å². The summed E-state index contributed by atoms with van der Waals surface area (Å²) in [5.41, 5.74) is 2.95. The van der Waals surface area contributed by atoms with Crippen LogP contribution in [0.25, 0.3) is 0 Å². The molecule has 1 saturated heterocycles. The molecule has 4 aliphatic rings. The van der Waals surface area contributed by atoms with Gasteiger partial charge in [-0.25, -0.2) is 4.90 Å². The number of hydrogen-bond donors (Lipinski definition) is 0. The van der Waals surface area contributed by atoms with Gasteiger partial charge in [0, 0.05) is 24.0 Å². The van der Waals surface area contributed by atoms with Gasteiger partial charge < -0.3 is 0 Å². The minimum atomic E-state index is -0.511. The summed E-state index contributed by atoms with van der Waals surface area (Å²) in [6, 6.07) is 5.78. The third-order valence-corrected chi connectivity index (χ3v) is 6.33. The predicted molar refractivity (Wildman–Crippen MR) is 94.2 cm³/mol. The van der Waals surface area contributed by atoms with E-state index in [4.69, 9.17) is 0 Å². The third-order valence-electron chi connectivity index (χ3n) is 6.33. The number of carbonyl (C=O) groups is 2. The number of carbonyl (C=O) groups excluding carboxylic acids is 2. The zero-order chi connectivity index (χ0) is 18.0. The fourth-order valence-corrected chi connectivity index (χ4v) is 5.33. The summed E-state index contributed by atoms with van der Waals surface area (Å²) in [7, 11) is 0. The van der Waals surface area contributed by atoms with Crippen molar-refractivity contribution in [1.82, 2.24) is 0 Å². The molecule has 0 N–H and O–H groups in total. The summed E-state index contributed by atoms with van der Waals surface area (Å²) in [6.45, 7) is 0. The average molecular weight is 350 g/mol. The zero-order valence-corrected chi connectivity index (χ0v) is 14.1. The number of benzene rings is 1. The Balaban J connectivity index is 1.54. The van der Waals surface area contributed by atoms with Crippen molar-refractivity contribution in [2.45, 2.75) is 25.7 Å². The molecule has 2 saturated carbocycles. The Morgan fingerprint density at radius 2 is 1.62 bits per heavy atom. The molecule has 0 spiro atoms. The highest BCUT2D eigenvalue weighted by Gasteiger charge is 2.62. The van der Waals surface area contributed by atoms with Crippen LogP contribution in [0.2, 0.25) is 0 Å². The van der Waals surface area contributed by atoms with E-state index in [9.17, 15) is 19.7 Å². The maximum absolute atomic E-state index is 13.1. The first-order chi connectivity index (χ1) is 12.6. The van der Waals surface area contributed by atoms with Crippen molar-refractivity contribution in [3.8, 4) is 0 Å². The summed E-state index contributed by atoms with van der Waals surface area (Å²) in [5.74, 6) is -1.07. The minimum absolute atomic E-state index is 0.0262. The second-order valence-corrected chi connectivity index (χ2v) is 7.54. The maximum atomic E-state index is 13.1. The van der Waals surface area contributed by atoms with Gasteiger partial charge in [-0.05, 0) is 31.7 Å². The molecule has 0 aromatic heterocycles. The molecule has 0 radical (unpaired) electrons. The Hall–Kier alpha value is -2.76. The van der Waals surface area contributed by atoms with Crippen LogP contribution in [0, 0.1) is 33.8 Å². The highest BCUT2D eigenvalue weighted by atomic mass is 16.6. The molecular formula is C20H18N2O4. The third kappa shape index (κ3) is 1.92. The van der Waals surface area contributed by atoms with Gasteiger partial charge in [-0.2, -0.15) is 0 Å². The molecule has 2 bridgehead atoms. The molecule has 1 aromatic carbocycles. The van der Waals surface area contributed by atoms with E-state index in [-0.39, 0.29) is 41.2 Å². The van der Waals surface area contributed by atoms with E-state index in [1.54, 1.807) is 6.07 Å². The quantitative estimate of drug-likeness (QED) is 0.354. The van der Waals surface area contributed by atoms with Crippen molar-refractivity contribution in [2.75, 3.05) is 4.90 Å². The van der Waals surface area contributed by atoms with Gasteiger partial charge >= 0.3 is 0 Å². The number of non-ortho nitro benzene ring substituents is 1. The standard InChI is InChI=1S/C20H18N2O4/c23-19-17-14-8-9-15(16(14)11-4-1-2-5-11)18(17)20(24)21(19)12-6-3-7-13(10-12)22(25)26/h3,6-10,14-15,17-18H,1-2,4-5H2/t14-,15+,17-,18-/m0/s1. The minimum Gasteiger partial charge on any atom is -0.274 e. The molecule has 2 amide bonds. The van der Waals surface area contributed by atoms with Crippen molar-refractivity contribution >= 4 is 23.2 Å². The number of hydrogen-bond acceptors (Lipinski definition) is 4. The molecule has 3 fully saturated rings. The molecule has 6 heteroatoms. The van der Waals surface area contributed by atoms with E-state index in [0.717, 1.165) is 12.8 Å². The topological polar surface area (TPSA) is 80.5 Å². The van der Waals surface area contributed by atoms with Crippen LogP contribution < -0.4 is 4.90 Å². The van der Waals surface area contributed by atoms with Gasteiger partial charge in [-0.1, -0.05) is 29.4 Å². The van der Waals surface area contributed by atoms with Crippen LogP contribution in [0.5, 0.6) is 0 Å². The highest BCUT2D eigenvalue weighted by molar-refractivity contribution is 6.23. The summed E-state index contributed by atoms with van der Waals surface area (Å²) in [5, 5.41) is 11.0. The molecule has 1 aliphatic heterocycles. The molecule has 26 heavy (non-hydrogen) atoms. The lowest BCUT2D eigenvalue weighted by atomic mass is 9.85. The number of allylic oxidation sites excluding steroid dienone is 4. The Labute approximate surface area is 150 Å². The molecule has 0 unspecified atom stereocenters. The first kappa shape index (κ1) is 15.5. The van der Waals surface area contributed by atoms with Crippen LogP contribution in [0.4, 0.5) is 11.4 Å². The maximum Gasteiger partial charge on any atom is 0.271 e. The number of anilines is 1. The number of nitrogens with zero attached hydrogens (tertiary/aromatic N) is 2. The van der Waals surface area contributed by atoms with Crippen molar-refractivity contribution in [2.24, 2.45) is 23.7 Å². The average Bonchev–Trinajstić information content (AvgIpc) is 3.38.